The average molecular weight is 191 g/mol. The summed E-state index contributed by atoms with van der Waals surface area (Å²) in [5, 5.41) is 13.0. The summed E-state index contributed by atoms with van der Waals surface area (Å²) in [6.45, 7) is 7.18. The number of aliphatic hydroxyl groups is 1. The van der Waals surface area contributed by atoms with Crippen LogP contribution in [0.15, 0.2) is 43.1 Å². The first-order valence-corrected chi connectivity index (χ1v) is 4.70. The monoisotopic (exact) mass is 191 g/mol. The first-order chi connectivity index (χ1) is 6.55. The molecule has 0 fully saturated rings. The van der Waals surface area contributed by atoms with E-state index in [2.05, 4.69) is 11.9 Å². The molecule has 14 heavy (non-hydrogen) atoms. The van der Waals surface area contributed by atoms with Crippen molar-refractivity contribution in [2.75, 3.05) is 0 Å². The molecule has 0 spiro atoms. The van der Waals surface area contributed by atoms with E-state index in [0.29, 0.717) is 0 Å². The zero-order valence-electron chi connectivity index (χ0n) is 8.70. The molecule has 0 amide bonds. The highest BCUT2D eigenvalue weighted by Gasteiger charge is 2.26. The van der Waals surface area contributed by atoms with Crippen molar-refractivity contribution >= 4 is 0 Å². The van der Waals surface area contributed by atoms with Crippen LogP contribution in [0.5, 0.6) is 0 Å². The van der Waals surface area contributed by atoms with Crippen molar-refractivity contribution in [2.45, 2.75) is 25.5 Å². The minimum Gasteiger partial charge on any atom is -0.388 e. The normalized spacial score (nSPS) is 13.4. The van der Waals surface area contributed by atoms with Gasteiger partial charge in [-0.3, -0.25) is 0 Å². The lowest BCUT2D eigenvalue weighted by Gasteiger charge is -2.30. The summed E-state index contributed by atoms with van der Waals surface area (Å²) in [5.74, 6) is 0. The molecule has 1 rings (SSSR count). The second-order valence-corrected chi connectivity index (χ2v) is 3.87. The third-order valence-electron chi connectivity index (χ3n) is 2.12. The van der Waals surface area contributed by atoms with E-state index in [1.807, 2.05) is 30.3 Å². The molecule has 0 radical (unpaired) electrons. The fraction of sp³-hybridized carbons (Fsp3) is 0.333. The van der Waals surface area contributed by atoms with E-state index in [1.165, 1.54) is 0 Å². The van der Waals surface area contributed by atoms with Gasteiger partial charge in [-0.1, -0.05) is 36.9 Å². The highest BCUT2D eigenvalue weighted by Crippen LogP contribution is 2.24. The molecule has 0 bridgehead atoms. The smallest absolute Gasteiger partial charge is 0.0833 e. The zero-order chi connectivity index (χ0) is 10.6. The minimum atomic E-state index is -0.810. The first kappa shape index (κ1) is 10.8. The van der Waals surface area contributed by atoms with E-state index in [4.69, 9.17) is 0 Å². The number of benzene rings is 1. The lowest BCUT2D eigenvalue weighted by atomic mass is 9.92. The Morgan fingerprint density at radius 3 is 2.36 bits per heavy atom. The number of rotatable bonds is 4. The Labute approximate surface area is 85.3 Å². The lowest BCUT2D eigenvalue weighted by molar-refractivity contribution is 0.0422. The molecule has 0 aliphatic rings. The molecule has 76 valence electrons. The molecular formula is C12H17NO. The van der Waals surface area contributed by atoms with Gasteiger partial charge in [-0.2, -0.15) is 0 Å². The highest BCUT2D eigenvalue weighted by atomic mass is 16.3. The Bertz CT molecular complexity index is 287. The highest BCUT2D eigenvalue weighted by molar-refractivity contribution is 5.21. The van der Waals surface area contributed by atoms with E-state index in [1.54, 1.807) is 20.0 Å². The van der Waals surface area contributed by atoms with Crippen LogP contribution >= 0.6 is 0 Å². The third kappa shape index (κ3) is 2.60. The summed E-state index contributed by atoms with van der Waals surface area (Å²) in [4.78, 5) is 0. The van der Waals surface area contributed by atoms with Gasteiger partial charge >= 0.3 is 0 Å². The van der Waals surface area contributed by atoms with Gasteiger partial charge in [-0.05, 0) is 25.6 Å². The molecule has 1 atom stereocenters. The fourth-order valence-corrected chi connectivity index (χ4v) is 1.47. The third-order valence-corrected chi connectivity index (χ3v) is 2.12. The number of hydrogen-bond donors (Lipinski definition) is 2. The van der Waals surface area contributed by atoms with E-state index < -0.39 is 5.60 Å². The molecule has 0 aliphatic heterocycles. The van der Waals surface area contributed by atoms with E-state index in [-0.39, 0.29) is 6.04 Å². The van der Waals surface area contributed by atoms with Crippen LogP contribution < -0.4 is 5.32 Å². The molecule has 0 saturated carbocycles. The Morgan fingerprint density at radius 1 is 1.36 bits per heavy atom. The molecular weight excluding hydrogens is 174 g/mol. The van der Waals surface area contributed by atoms with Crippen LogP contribution in [0.1, 0.15) is 25.5 Å². The molecule has 0 unspecified atom stereocenters. The standard InChI is InChI=1S/C12H17NO/c1-4-13-11(12(2,3)14)10-8-6-5-7-9-10/h4-9,11,13-14H,1H2,2-3H3/t11-/m0/s1. The molecule has 2 nitrogen and oxygen atoms in total. The maximum absolute atomic E-state index is 9.95. The first-order valence-electron chi connectivity index (χ1n) is 4.70. The topological polar surface area (TPSA) is 32.3 Å². The maximum atomic E-state index is 9.95. The predicted molar refractivity (Wildman–Crippen MR) is 58.8 cm³/mol. The van der Waals surface area contributed by atoms with Gasteiger partial charge in [0.05, 0.1) is 11.6 Å². The van der Waals surface area contributed by atoms with Crippen molar-refractivity contribution in [3.05, 3.63) is 48.7 Å². The van der Waals surface area contributed by atoms with Crippen LogP contribution in [0.25, 0.3) is 0 Å². The van der Waals surface area contributed by atoms with Crippen LogP contribution in [0, 0.1) is 0 Å². The second-order valence-electron chi connectivity index (χ2n) is 3.87. The van der Waals surface area contributed by atoms with Crippen LogP contribution in [0.2, 0.25) is 0 Å². The Kier molecular flexibility index (Phi) is 3.31. The summed E-state index contributed by atoms with van der Waals surface area (Å²) >= 11 is 0. The summed E-state index contributed by atoms with van der Waals surface area (Å²) in [6.07, 6.45) is 1.61. The molecule has 2 heteroatoms. The second kappa shape index (κ2) is 4.29. The molecule has 0 heterocycles. The van der Waals surface area contributed by atoms with Crippen LogP contribution in [-0.2, 0) is 0 Å². The summed E-state index contributed by atoms with van der Waals surface area (Å²) in [6, 6.07) is 9.72. The molecule has 0 aromatic heterocycles. The van der Waals surface area contributed by atoms with Gasteiger partial charge in [-0.15, -0.1) is 0 Å². The molecule has 2 N–H and O–H groups in total. The van der Waals surface area contributed by atoms with E-state index in [0.717, 1.165) is 5.56 Å². The van der Waals surface area contributed by atoms with Gasteiger partial charge < -0.3 is 10.4 Å². The van der Waals surface area contributed by atoms with Crippen molar-refractivity contribution in [3.63, 3.8) is 0 Å². The summed E-state index contributed by atoms with van der Waals surface area (Å²) in [7, 11) is 0. The van der Waals surface area contributed by atoms with Gasteiger partial charge in [0.1, 0.15) is 0 Å². The van der Waals surface area contributed by atoms with Crippen LogP contribution in [0.3, 0.4) is 0 Å². The maximum Gasteiger partial charge on any atom is 0.0833 e. The van der Waals surface area contributed by atoms with Gasteiger partial charge in [0, 0.05) is 0 Å². The quantitative estimate of drug-likeness (QED) is 0.765. The predicted octanol–water partition coefficient (Wildman–Crippen LogP) is 2.23. The molecule has 0 aliphatic carbocycles. The van der Waals surface area contributed by atoms with Crippen molar-refractivity contribution < 1.29 is 5.11 Å². The molecule has 1 aromatic rings. The van der Waals surface area contributed by atoms with Gasteiger partial charge in [-0.25, -0.2) is 0 Å². The number of hydrogen-bond acceptors (Lipinski definition) is 2. The SMILES string of the molecule is C=CN[C@@H](c1ccccc1)C(C)(C)O. The van der Waals surface area contributed by atoms with Crippen molar-refractivity contribution in [3.8, 4) is 0 Å². The Hall–Kier alpha value is -1.28. The van der Waals surface area contributed by atoms with Crippen LogP contribution in [0.4, 0.5) is 0 Å². The van der Waals surface area contributed by atoms with Crippen molar-refractivity contribution in [1.29, 1.82) is 0 Å². The van der Waals surface area contributed by atoms with Gasteiger partial charge in [0.2, 0.25) is 0 Å². The molecule has 0 saturated heterocycles. The van der Waals surface area contributed by atoms with Gasteiger partial charge in [0.25, 0.3) is 0 Å². The number of nitrogens with one attached hydrogen (secondary N) is 1. The lowest BCUT2D eigenvalue weighted by Crippen LogP contribution is -2.36. The fourth-order valence-electron chi connectivity index (χ4n) is 1.47. The zero-order valence-corrected chi connectivity index (χ0v) is 8.70. The van der Waals surface area contributed by atoms with Crippen LogP contribution in [-0.4, -0.2) is 10.7 Å². The Balaban J connectivity index is 2.95. The van der Waals surface area contributed by atoms with Crippen molar-refractivity contribution in [1.82, 2.24) is 5.32 Å². The summed E-state index contributed by atoms with van der Waals surface area (Å²) < 4.78 is 0. The van der Waals surface area contributed by atoms with Gasteiger partial charge in [0.15, 0.2) is 0 Å². The Morgan fingerprint density at radius 2 is 1.93 bits per heavy atom. The summed E-state index contributed by atoms with van der Waals surface area (Å²) in [5.41, 5.74) is 0.245. The van der Waals surface area contributed by atoms with E-state index in [9.17, 15) is 5.11 Å². The largest absolute Gasteiger partial charge is 0.388 e. The minimum absolute atomic E-state index is 0.124. The average Bonchev–Trinajstić information content (AvgIpc) is 2.14. The van der Waals surface area contributed by atoms with E-state index >= 15 is 0 Å². The van der Waals surface area contributed by atoms with Crippen molar-refractivity contribution in [2.24, 2.45) is 0 Å². The molecule has 1 aromatic carbocycles.